The van der Waals surface area contributed by atoms with Crippen molar-refractivity contribution in [3.63, 3.8) is 0 Å². The van der Waals surface area contributed by atoms with Crippen molar-refractivity contribution in [2.24, 2.45) is 5.92 Å². The van der Waals surface area contributed by atoms with Crippen LogP contribution in [0.3, 0.4) is 0 Å². The number of piperazine rings is 1. The summed E-state index contributed by atoms with van der Waals surface area (Å²) in [6, 6.07) is 8.30. The van der Waals surface area contributed by atoms with Gasteiger partial charge in [-0.1, -0.05) is 32.0 Å². The molecule has 1 N–H and O–H groups in total. The van der Waals surface area contributed by atoms with E-state index in [0.717, 1.165) is 12.8 Å². The lowest BCUT2D eigenvalue weighted by molar-refractivity contribution is -0.136. The summed E-state index contributed by atoms with van der Waals surface area (Å²) in [4.78, 5) is 40.6. The molecule has 2 aliphatic rings. The number of hydrogen-bond acceptors (Lipinski definition) is 5. The second kappa shape index (κ2) is 11.1. The lowest BCUT2D eigenvalue weighted by Crippen LogP contribution is -2.50. The molecule has 3 amide bonds. The molecule has 0 bridgehead atoms. The maximum atomic E-state index is 12.7. The molecule has 0 unspecified atom stereocenters. The third-order valence-electron chi connectivity index (χ3n) is 6.20. The Morgan fingerprint density at radius 2 is 1.52 bits per heavy atom. The number of sulfonamides is 1. The maximum Gasteiger partial charge on any atom is 0.243 e. The first kappa shape index (κ1) is 25.2. The number of amides is 3. The van der Waals surface area contributed by atoms with E-state index in [9.17, 15) is 22.8 Å². The van der Waals surface area contributed by atoms with Gasteiger partial charge in [0.15, 0.2) is 0 Å². The van der Waals surface area contributed by atoms with Crippen LogP contribution < -0.4 is 5.32 Å². The molecule has 2 aliphatic heterocycles. The molecule has 9 nitrogen and oxygen atoms in total. The summed E-state index contributed by atoms with van der Waals surface area (Å²) in [5, 5.41) is 2.98. The van der Waals surface area contributed by atoms with Crippen molar-refractivity contribution in [1.29, 1.82) is 0 Å². The van der Waals surface area contributed by atoms with Gasteiger partial charge in [0.05, 0.1) is 4.90 Å². The second-order valence-electron chi connectivity index (χ2n) is 8.92. The second-order valence-corrected chi connectivity index (χ2v) is 10.9. The highest BCUT2D eigenvalue weighted by Crippen LogP contribution is 2.18. The Balaban J connectivity index is 1.38. The molecule has 0 saturated carbocycles. The normalized spacial score (nSPS) is 18.4. The molecule has 2 fully saturated rings. The van der Waals surface area contributed by atoms with Crippen LogP contribution >= 0.6 is 0 Å². The number of benzene rings is 1. The molecule has 0 aliphatic carbocycles. The molecule has 10 heteroatoms. The molecule has 2 heterocycles. The van der Waals surface area contributed by atoms with Crippen molar-refractivity contribution in [3.05, 3.63) is 30.3 Å². The van der Waals surface area contributed by atoms with Gasteiger partial charge in [-0.2, -0.15) is 4.31 Å². The molecule has 0 aromatic heterocycles. The Bertz CT molecular complexity index is 935. The Hall–Kier alpha value is -2.46. The summed E-state index contributed by atoms with van der Waals surface area (Å²) < 4.78 is 26.8. The van der Waals surface area contributed by atoms with Gasteiger partial charge in [-0.25, -0.2) is 8.42 Å². The molecule has 0 radical (unpaired) electrons. The van der Waals surface area contributed by atoms with E-state index in [1.165, 1.54) is 4.31 Å². The van der Waals surface area contributed by atoms with Crippen LogP contribution in [0, 0.1) is 5.92 Å². The molecule has 1 aromatic rings. The first-order valence-electron chi connectivity index (χ1n) is 11.6. The minimum atomic E-state index is -3.56. The van der Waals surface area contributed by atoms with Crippen LogP contribution in [0.2, 0.25) is 0 Å². The molecular formula is C23H34N4O5S. The number of likely N-dealkylation sites (tertiary alicyclic amines) is 1. The molecule has 1 aromatic carbocycles. The zero-order valence-electron chi connectivity index (χ0n) is 19.4. The van der Waals surface area contributed by atoms with Gasteiger partial charge in [-0.3, -0.25) is 14.4 Å². The van der Waals surface area contributed by atoms with E-state index < -0.39 is 10.0 Å². The molecular weight excluding hydrogens is 444 g/mol. The van der Waals surface area contributed by atoms with Gasteiger partial charge < -0.3 is 15.1 Å². The fourth-order valence-corrected chi connectivity index (χ4v) is 5.65. The Morgan fingerprint density at radius 1 is 0.909 bits per heavy atom. The van der Waals surface area contributed by atoms with E-state index >= 15 is 0 Å². The number of hydrogen-bond donors (Lipinski definition) is 1. The van der Waals surface area contributed by atoms with Crippen LogP contribution in [-0.2, 0) is 24.4 Å². The van der Waals surface area contributed by atoms with Crippen molar-refractivity contribution in [3.8, 4) is 0 Å². The molecule has 3 rings (SSSR count). The topological polar surface area (TPSA) is 107 Å². The minimum Gasteiger partial charge on any atom is -0.353 e. The fourth-order valence-electron chi connectivity index (χ4n) is 4.21. The molecule has 2 saturated heterocycles. The molecule has 0 atom stereocenters. The van der Waals surface area contributed by atoms with Crippen LogP contribution in [0.5, 0.6) is 0 Å². The SMILES string of the molecule is CC(C)C(=O)N1CCC(NC(=O)CCC(=O)N2CCN(S(=O)(=O)c3ccccc3)CC2)CC1. The fraction of sp³-hybridized carbons (Fsp3) is 0.609. The lowest BCUT2D eigenvalue weighted by Gasteiger charge is -2.34. The van der Waals surface area contributed by atoms with Gasteiger partial charge in [-0.15, -0.1) is 0 Å². The Kier molecular flexibility index (Phi) is 8.47. The first-order chi connectivity index (χ1) is 15.7. The first-order valence-corrected chi connectivity index (χ1v) is 13.0. The van der Waals surface area contributed by atoms with E-state index in [-0.39, 0.29) is 60.5 Å². The summed E-state index contributed by atoms with van der Waals surface area (Å²) in [5.41, 5.74) is 0. The van der Waals surface area contributed by atoms with E-state index in [0.29, 0.717) is 26.2 Å². The van der Waals surface area contributed by atoms with Crippen molar-refractivity contribution < 1.29 is 22.8 Å². The van der Waals surface area contributed by atoms with Crippen molar-refractivity contribution >= 4 is 27.7 Å². The zero-order chi connectivity index (χ0) is 24.0. The third kappa shape index (κ3) is 6.54. The van der Waals surface area contributed by atoms with E-state index in [4.69, 9.17) is 0 Å². The van der Waals surface area contributed by atoms with Crippen molar-refractivity contribution in [2.75, 3.05) is 39.3 Å². The lowest BCUT2D eigenvalue weighted by atomic mass is 10.0. The van der Waals surface area contributed by atoms with E-state index in [2.05, 4.69) is 5.32 Å². The van der Waals surface area contributed by atoms with Crippen LogP contribution in [0.25, 0.3) is 0 Å². The summed E-state index contributed by atoms with van der Waals surface area (Å²) in [6.07, 6.45) is 1.64. The molecule has 0 spiro atoms. The molecule has 33 heavy (non-hydrogen) atoms. The van der Waals surface area contributed by atoms with E-state index in [1.807, 2.05) is 18.7 Å². The third-order valence-corrected chi connectivity index (χ3v) is 8.12. The van der Waals surface area contributed by atoms with Gasteiger partial charge in [0.2, 0.25) is 27.7 Å². The predicted molar refractivity (Wildman–Crippen MR) is 124 cm³/mol. The smallest absolute Gasteiger partial charge is 0.243 e. The highest BCUT2D eigenvalue weighted by atomic mass is 32.2. The summed E-state index contributed by atoms with van der Waals surface area (Å²) in [5.74, 6) is -0.189. The van der Waals surface area contributed by atoms with Gasteiger partial charge in [0.25, 0.3) is 0 Å². The summed E-state index contributed by atoms with van der Waals surface area (Å²) >= 11 is 0. The average molecular weight is 479 g/mol. The Morgan fingerprint density at radius 3 is 2.09 bits per heavy atom. The number of carbonyl (C=O) groups excluding carboxylic acids is 3. The van der Waals surface area contributed by atoms with Gasteiger partial charge in [0, 0.05) is 64.1 Å². The maximum absolute atomic E-state index is 12.7. The van der Waals surface area contributed by atoms with Gasteiger partial charge in [0.1, 0.15) is 0 Å². The number of nitrogens with one attached hydrogen (secondary N) is 1. The number of carbonyl (C=O) groups is 3. The van der Waals surface area contributed by atoms with Crippen LogP contribution in [0.15, 0.2) is 35.2 Å². The number of piperidine rings is 1. The van der Waals surface area contributed by atoms with Gasteiger partial charge >= 0.3 is 0 Å². The monoisotopic (exact) mass is 478 g/mol. The predicted octanol–water partition coefficient (Wildman–Crippen LogP) is 1.06. The van der Waals surface area contributed by atoms with Crippen LogP contribution in [0.1, 0.15) is 39.5 Å². The van der Waals surface area contributed by atoms with Crippen LogP contribution in [-0.4, -0.2) is 85.6 Å². The largest absolute Gasteiger partial charge is 0.353 e. The number of rotatable bonds is 7. The quantitative estimate of drug-likeness (QED) is 0.631. The summed E-state index contributed by atoms with van der Waals surface area (Å²) in [6.45, 7) is 6.15. The van der Waals surface area contributed by atoms with E-state index in [1.54, 1.807) is 35.2 Å². The Labute approximate surface area is 196 Å². The van der Waals surface area contributed by atoms with Crippen molar-refractivity contribution in [2.45, 2.75) is 50.5 Å². The standard InChI is InChI=1S/C23H34N4O5S/c1-18(2)23(30)26-12-10-19(11-13-26)24-21(28)8-9-22(29)25-14-16-27(17-15-25)33(31,32)20-6-4-3-5-7-20/h3-7,18-19H,8-17H2,1-2H3,(H,24,28). The van der Waals surface area contributed by atoms with Crippen molar-refractivity contribution in [1.82, 2.24) is 19.4 Å². The highest BCUT2D eigenvalue weighted by Gasteiger charge is 2.30. The zero-order valence-corrected chi connectivity index (χ0v) is 20.2. The molecule has 182 valence electrons. The number of nitrogens with zero attached hydrogens (tertiary/aromatic N) is 3. The van der Waals surface area contributed by atoms with Gasteiger partial charge in [-0.05, 0) is 25.0 Å². The minimum absolute atomic E-state index is 0.0237. The average Bonchev–Trinajstić information content (AvgIpc) is 2.83. The highest BCUT2D eigenvalue weighted by molar-refractivity contribution is 7.89. The van der Waals surface area contributed by atoms with Crippen LogP contribution in [0.4, 0.5) is 0 Å². The summed E-state index contributed by atoms with van der Waals surface area (Å²) in [7, 11) is -3.56.